The maximum Gasteiger partial charge on any atom is 0.224 e. The van der Waals surface area contributed by atoms with Gasteiger partial charge in [-0.2, -0.15) is 0 Å². The van der Waals surface area contributed by atoms with Crippen LogP contribution in [0.1, 0.15) is 36.8 Å². The van der Waals surface area contributed by atoms with Crippen molar-refractivity contribution in [2.45, 2.75) is 38.8 Å². The lowest BCUT2D eigenvalue weighted by molar-refractivity contribution is -0.124. The first-order valence-corrected chi connectivity index (χ1v) is 8.60. The van der Waals surface area contributed by atoms with Gasteiger partial charge in [0.25, 0.3) is 0 Å². The minimum absolute atomic E-state index is 0. The van der Waals surface area contributed by atoms with Gasteiger partial charge in [-0.15, -0.1) is 24.8 Å². The number of piperidine rings is 1. The first-order valence-electron chi connectivity index (χ1n) is 8.60. The lowest BCUT2D eigenvalue weighted by Gasteiger charge is -2.26. The molecule has 1 amide bonds. The van der Waals surface area contributed by atoms with Gasteiger partial charge in [0.2, 0.25) is 5.91 Å². The molecule has 2 saturated heterocycles. The molecule has 0 aromatic heterocycles. The van der Waals surface area contributed by atoms with Gasteiger partial charge in [-0.25, -0.2) is 0 Å². The zero-order valence-corrected chi connectivity index (χ0v) is 15.8. The molecule has 0 radical (unpaired) electrons. The fourth-order valence-corrected chi connectivity index (χ4v) is 3.35. The molecule has 2 N–H and O–H groups in total. The number of hydrogen-bond donors (Lipinski definition) is 2. The van der Waals surface area contributed by atoms with Crippen molar-refractivity contribution in [1.82, 2.24) is 15.5 Å². The Morgan fingerprint density at radius 2 is 1.75 bits per heavy atom. The molecular weight excluding hydrogens is 345 g/mol. The third-order valence-electron chi connectivity index (χ3n) is 4.78. The van der Waals surface area contributed by atoms with E-state index in [0.29, 0.717) is 6.54 Å². The molecule has 1 atom stereocenters. The number of carbonyl (C=O) groups is 1. The summed E-state index contributed by atoms with van der Waals surface area (Å²) in [7, 11) is 0. The van der Waals surface area contributed by atoms with Crippen LogP contribution in [-0.2, 0) is 17.9 Å². The highest BCUT2D eigenvalue weighted by molar-refractivity contribution is 5.85. The van der Waals surface area contributed by atoms with Gasteiger partial charge in [-0.3, -0.25) is 9.69 Å². The zero-order valence-electron chi connectivity index (χ0n) is 14.1. The quantitative estimate of drug-likeness (QED) is 0.833. The summed E-state index contributed by atoms with van der Waals surface area (Å²) in [5, 5.41) is 6.28. The molecule has 1 aromatic rings. The number of carbonyl (C=O) groups excluding carboxylic acids is 1. The summed E-state index contributed by atoms with van der Waals surface area (Å²) in [6, 6.07) is 8.69. The van der Waals surface area contributed by atoms with Crippen molar-refractivity contribution < 1.29 is 4.79 Å². The van der Waals surface area contributed by atoms with Crippen LogP contribution in [0.2, 0.25) is 0 Å². The number of nitrogens with one attached hydrogen (secondary N) is 2. The van der Waals surface area contributed by atoms with E-state index in [1.54, 1.807) is 0 Å². The second-order valence-corrected chi connectivity index (χ2v) is 6.56. The summed E-state index contributed by atoms with van der Waals surface area (Å²) >= 11 is 0. The lowest BCUT2D eigenvalue weighted by Crippen LogP contribution is -2.31. The van der Waals surface area contributed by atoms with Crippen LogP contribution in [0.25, 0.3) is 0 Å². The first kappa shape index (κ1) is 21.2. The first-order chi connectivity index (χ1) is 10.8. The number of likely N-dealkylation sites (tertiary alicyclic amines) is 1. The molecule has 1 unspecified atom stereocenters. The number of nitrogens with zero attached hydrogens (tertiary/aromatic N) is 1. The van der Waals surface area contributed by atoms with E-state index in [1.165, 1.54) is 43.5 Å². The summed E-state index contributed by atoms with van der Waals surface area (Å²) in [5.41, 5.74) is 2.55. The highest BCUT2D eigenvalue weighted by Crippen LogP contribution is 2.14. The topological polar surface area (TPSA) is 44.4 Å². The van der Waals surface area contributed by atoms with Crippen LogP contribution in [0.3, 0.4) is 0 Å². The Morgan fingerprint density at radius 1 is 1.08 bits per heavy atom. The molecule has 0 aliphatic carbocycles. The molecular formula is C18H29Cl2N3O. The van der Waals surface area contributed by atoms with Crippen molar-refractivity contribution in [2.75, 3.05) is 26.2 Å². The number of amides is 1. The molecule has 3 rings (SSSR count). The maximum atomic E-state index is 12.0. The van der Waals surface area contributed by atoms with Crippen LogP contribution < -0.4 is 10.6 Å². The van der Waals surface area contributed by atoms with Crippen LogP contribution in [0.15, 0.2) is 24.3 Å². The van der Waals surface area contributed by atoms with Crippen LogP contribution in [0.4, 0.5) is 0 Å². The Bertz CT molecular complexity index is 484. The van der Waals surface area contributed by atoms with Crippen molar-refractivity contribution in [2.24, 2.45) is 5.92 Å². The largest absolute Gasteiger partial charge is 0.352 e. The number of rotatable bonds is 5. The predicted molar refractivity (Wildman–Crippen MR) is 103 cm³/mol. The van der Waals surface area contributed by atoms with Gasteiger partial charge in [-0.1, -0.05) is 30.7 Å². The highest BCUT2D eigenvalue weighted by Gasteiger charge is 2.21. The molecule has 4 nitrogen and oxygen atoms in total. The fraction of sp³-hybridized carbons (Fsp3) is 0.611. The van der Waals surface area contributed by atoms with Crippen molar-refractivity contribution in [3.8, 4) is 0 Å². The molecule has 6 heteroatoms. The smallest absolute Gasteiger partial charge is 0.224 e. The zero-order chi connectivity index (χ0) is 15.2. The number of benzene rings is 1. The Balaban J connectivity index is 0.00000144. The van der Waals surface area contributed by atoms with Gasteiger partial charge < -0.3 is 10.6 Å². The van der Waals surface area contributed by atoms with Crippen molar-refractivity contribution in [3.05, 3.63) is 35.4 Å². The average Bonchev–Trinajstić information content (AvgIpc) is 3.09. The molecule has 1 aromatic carbocycles. The Morgan fingerprint density at radius 3 is 2.38 bits per heavy atom. The molecule has 24 heavy (non-hydrogen) atoms. The molecule has 0 bridgehead atoms. The van der Waals surface area contributed by atoms with E-state index in [0.717, 1.165) is 26.1 Å². The minimum Gasteiger partial charge on any atom is -0.352 e. The molecule has 136 valence electrons. The van der Waals surface area contributed by atoms with E-state index in [2.05, 4.69) is 39.8 Å². The lowest BCUT2D eigenvalue weighted by atomic mass is 10.1. The second-order valence-electron chi connectivity index (χ2n) is 6.56. The second kappa shape index (κ2) is 10.9. The van der Waals surface area contributed by atoms with E-state index >= 15 is 0 Å². The van der Waals surface area contributed by atoms with Gasteiger partial charge in [0, 0.05) is 19.6 Å². The normalized spacial score (nSPS) is 20.8. The van der Waals surface area contributed by atoms with Gasteiger partial charge >= 0.3 is 0 Å². The highest BCUT2D eigenvalue weighted by atomic mass is 35.5. The molecule has 0 saturated carbocycles. The maximum absolute atomic E-state index is 12.0. The molecule has 2 aliphatic heterocycles. The van der Waals surface area contributed by atoms with Crippen LogP contribution >= 0.6 is 24.8 Å². The van der Waals surface area contributed by atoms with E-state index in [-0.39, 0.29) is 36.6 Å². The standard InChI is InChI=1S/C18H27N3O.2ClH/c22-18(17-8-9-19-13-17)20-12-15-4-6-16(7-5-15)14-21-10-2-1-3-11-21;;/h4-7,17,19H,1-3,8-14H2,(H,20,22);2*1H. The molecule has 2 aliphatic rings. The summed E-state index contributed by atoms with van der Waals surface area (Å²) in [4.78, 5) is 14.5. The van der Waals surface area contributed by atoms with E-state index in [9.17, 15) is 4.79 Å². The van der Waals surface area contributed by atoms with Gasteiger partial charge in [0.15, 0.2) is 0 Å². The third kappa shape index (κ3) is 6.25. The third-order valence-corrected chi connectivity index (χ3v) is 4.78. The molecule has 2 fully saturated rings. The molecule has 0 spiro atoms. The van der Waals surface area contributed by atoms with E-state index in [4.69, 9.17) is 0 Å². The van der Waals surface area contributed by atoms with Crippen LogP contribution in [0.5, 0.6) is 0 Å². The summed E-state index contributed by atoms with van der Waals surface area (Å²) in [5.74, 6) is 0.334. The van der Waals surface area contributed by atoms with Crippen molar-refractivity contribution in [3.63, 3.8) is 0 Å². The average molecular weight is 374 g/mol. The Labute approximate surface area is 157 Å². The van der Waals surface area contributed by atoms with Gasteiger partial charge in [0.05, 0.1) is 5.92 Å². The van der Waals surface area contributed by atoms with Crippen molar-refractivity contribution >= 4 is 30.7 Å². The van der Waals surface area contributed by atoms with Crippen molar-refractivity contribution in [1.29, 1.82) is 0 Å². The Hall–Kier alpha value is -0.810. The monoisotopic (exact) mass is 373 g/mol. The summed E-state index contributed by atoms with van der Waals surface area (Å²) in [6.45, 7) is 5.93. The summed E-state index contributed by atoms with van der Waals surface area (Å²) in [6.07, 6.45) is 5.01. The van der Waals surface area contributed by atoms with Gasteiger partial charge in [0.1, 0.15) is 0 Å². The Kier molecular flexibility index (Phi) is 9.67. The molecule has 2 heterocycles. The van der Waals surface area contributed by atoms with E-state index in [1.807, 2.05) is 0 Å². The number of halogens is 2. The van der Waals surface area contributed by atoms with E-state index < -0.39 is 0 Å². The number of hydrogen-bond acceptors (Lipinski definition) is 3. The predicted octanol–water partition coefficient (Wildman–Crippen LogP) is 2.74. The SMILES string of the molecule is Cl.Cl.O=C(NCc1ccc(CN2CCCCC2)cc1)C1CCNC1. The minimum atomic E-state index is 0. The van der Waals surface area contributed by atoms with Crippen LogP contribution in [-0.4, -0.2) is 37.0 Å². The fourth-order valence-electron chi connectivity index (χ4n) is 3.35. The van der Waals surface area contributed by atoms with Crippen LogP contribution in [0, 0.1) is 5.92 Å². The summed E-state index contributed by atoms with van der Waals surface area (Å²) < 4.78 is 0. The van der Waals surface area contributed by atoms with Gasteiger partial charge in [-0.05, 0) is 50.0 Å².